The topological polar surface area (TPSA) is 3.24 Å². The lowest BCUT2D eigenvalue weighted by Gasteiger charge is -2.44. The Labute approximate surface area is 84.5 Å². The standard InChI is InChI=1S/C12H27N/c1-7-9-12(10-8-2,11(3)4)13(5)6/h11H,7-10H2,1-6H3. The highest BCUT2D eigenvalue weighted by Crippen LogP contribution is 2.32. The largest absolute Gasteiger partial charge is 0.303 e. The Morgan fingerprint density at radius 2 is 1.38 bits per heavy atom. The van der Waals surface area contributed by atoms with Gasteiger partial charge in [0.05, 0.1) is 0 Å². The van der Waals surface area contributed by atoms with E-state index in [9.17, 15) is 0 Å². The molecule has 0 saturated heterocycles. The van der Waals surface area contributed by atoms with Crippen LogP contribution in [-0.4, -0.2) is 24.5 Å². The van der Waals surface area contributed by atoms with Gasteiger partial charge in [-0.25, -0.2) is 0 Å². The van der Waals surface area contributed by atoms with E-state index in [1.54, 1.807) is 0 Å². The van der Waals surface area contributed by atoms with E-state index in [4.69, 9.17) is 0 Å². The fraction of sp³-hybridized carbons (Fsp3) is 1.00. The van der Waals surface area contributed by atoms with Crippen LogP contribution in [-0.2, 0) is 0 Å². The SMILES string of the molecule is CCCC(CCC)(C(C)C)N(C)C. The van der Waals surface area contributed by atoms with Crippen molar-refractivity contribution in [2.24, 2.45) is 5.92 Å². The molecule has 0 atom stereocenters. The molecule has 0 radical (unpaired) electrons. The normalized spacial score (nSPS) is 12.9. The van der Waals surface area contributed by atoms with Gasteiger partial charge in [-0.05, 0) is 32.9 Å². The first-order valence-electron chi connectivity index (χ1n) is 5.68. The van der Waals surface area contributed by atoms with Crippen LogP contribution in [0.1, 0.15) is 53.4 Å². The summed E-state index contributed by atoms with van der Waals surface area (Å²) < 4.78 is 0. The van der Waals surface area contributed by atoms with Gasteiger partial charge in [-0.3, -0.25) is 0 Å². The molecule has 80 valence electrons. The highest BCUT2D eigenvalue weighted by molar-refractivity contribution is 4.89. The predicted molar refractivity (Wildman–Crippen MR) is 61.1 cm³/mol. The van der Waals surface area contributed by atoms with Crippen molar-refractivity contribution in [1.82, 2.24) is 4.90 Å². The van der Waals surface area contributed by atoms with E-state index in [-0.39, 0.29) is 0 Å². The molecule has 0 fully saturated rings. The molecule has 1 heteroatoms. The minimum atomic E-state index is 0.434. The predicted octanol–water partition coefficient (Wildman–Crippen LogP) is 3.54. The van der Waals surface area contributed by atoms with Crippen LogP contribution in [0.25, 0.3) is 0 Å². The van der Waals surface area contributed by atoms with Crippen LogP contribution >= 0.6 is 0 Å². The summed E-state index contributed by atoms with van der Waals surface area (Å²) in [4.78, 5) is 2.44. The number of hydrogen-bond acceptors (Lipinski definition) is 1. The summed E-state index contributed by atoms with van der Waals surface area (Å²) in [5, 5.41) is 0. The van der Waals surface area contributed by atoms with Crippen LogP contribution in [0.4, 0.5) is 0 Å². The average Bonchev–Trinajstić information content (AvgIpc) is 2.03. The summed E-state index contributed by atoms with van der Waals surface area (Å²) in [5.74, 6) is 0.752. The number of rotatable bonds is 6. The first-order valence-corrected chi connectivity index (χ1v) is 5.68. The van der Waals surface area contributed by atoms with E-state index in [1.165, 1.54) is 25.7 Å². The molecule has 0 saturated carbocycles. The first kappa shape index (κ1) is 13.0. The third-order valence-electron chi connectivity index (χ3n) is 3.33. The van der Waals surface area contributed by atoms with Crippen molar-refractivity contribution in [3.8, 4) is 0 Å². The minimum Gasteiger partial charge on any atom is -0.303 e. The lowest BCUT2D eigenvalue weighted by Crippen LogP contribution is -2.48. The molecule has 0 aromatic carbocycles. The molecule has 0 rings (SSSR count). The Kier molecular flexibility index (Phi) is 5.62. The zero-order valence-electron chi connectivity index (χ0n) is 10.4. The second kappa shape index (κ2) is 5.64. The molecule has 0 aliphatic carbocycles. The van der Waals surface area contributed by atoms with Crippen LogP contribution in [0.2, 0.25) is 0 Å². The summed E-state index contributed by atoms with van der Waals surface area (Å²) in [6.45, 7) is 9.28. The molecule has 13 heavy (non-hydrogen) atoms. The first-order chi connectivity index (χ1) is 6.01. The zero-order chi connectivity index (χ0) is 10.5. The Morgan fingerprint density at radius 3 is 1.54 bits per heavy atom. The van der Waals surface area contributed by atoms with Gasteiger partial charge in [0.15, 0.2) is 0 Å². The van der Waals surface area contributed by atoms with Crippen molar-refractivity contribution in [2.75, 3.05) is 14.1 Å². The molecule has 0 spiro atoms. The van der Waals surface area contributed by atoms with Crippen molar-refractivity contribution in [3.63, 3.8) is 0 Å². The zero-order valence-corrected chi connectivity index (χ0v) is 10.4. The minimum absolute atomic E-state index is 0.434. The molecule has 0 N–H and O–H groups in total. The molecule has 0 amide bonds. The molecule has 0 unspecified atom stereocenters. The maximum Gasteiger partial charge on any atom is 0.0226 e. The van der Waals surface area contributed by atoms with Crippen molar-refractivity contribution in [2.45, 2.75) is 58.9 Å². The smallest absolute Gasteiger partial charge is 0.0226 e. The second-order valence-corrected chi connectivity index (χ2v) is 4.65. The van der Waals surface area contributed by atoms with Crippen molar-refractivity contribution >= 4 is 0 Å². The Balaban J connectivity index is 4.59. The number of hydrogen-bond donors (Lipinski definition) is 0. The van der Waals surface area contributed by atoms with Crippen molar-refractivity contribution in [1.29, 1.82) is 0 Å². The van der Waals surface area contributed by atoms with E-state index in [0.29, 0.717) is 5.54 Å². The molecular weight excluding hydrogens is 158 g/mol. The molecule has 0 aromatic rings. The van der Waals surface area contributed by atoms with Gasteiger partial charge in [0, 0.05) is 5.54 Å². The third kappa shape index (κ3) is 2.98. The summed E-state index contributed by atoms with van der Waals surface area (Å²) in [7, 11) is 4.46. The molecule has 0 aliphatic heterocycles. The fourth-order valence-corrected chi connectivity index (χ4v) is 2.53. The Bertz CT molecular complexity index is 111. The lowest BCUT2D eigenvalue weighted by atomic mass is 9.78. The quantitative estimate of drug-likeness (QED) is 0.612. The summed E-state index contributed by atoms with van der Waals surface area (Å²) in [6.07, 6.45) is 5.23. The highest BCUT2D eigenvalue weighted by Gasteiger charge is 2.33. The van der Waals surface area contributed by atoms with Crippen LogP contribution in [0, 0.1) is 5.92 Å². The third-order valence-corrected chi connectivity index (χ3v) is 3.33. The van der Waals surface area contributed by atoms with Gasteiger partial charge in [0.1, 0.15) is 0 Å². The van der Waals surface area contributed by atoms with Crippen LogP contribution in [0.5, 0.6) is 0 Å². The van der Waals surface area contributed by atoms with Gasteiger partial charge < -0.3 is 4.90 Å². The van der Waals surface area contributed by atoms with E-state index >= 15 is 0 Å². The van der Waals surface area contributed by atoms with Crippen LogP contribution < -0.4 is 0 Å². The summed E-state index contributed by atoms with van der Waals surface area (Å²) >= 11 is 0. The summed E-state index contributed by atoms with van der Waals surface area (Å²) in [6, 6.07) is 0. The highest BCUT2D eigenvalue weighted by atomic mass is 15.1. The van der Waals surface area contributed by atoms with Crippen LogP contribution in [0.3, 0.4) is 0 Å². The molecule has 0 aromatic heterocycles. The van der Waals surface area contributed by atoms with E-state index in [1.807, 2.05) is 0 Å². The number of nitrogens with zero attached hydrogens (tertiary/aromatic N) is 1. The van der Waals surface area contributed by atoms with Crippen LogP contribution in [0.15, 0.2) is 0 Å². The summed E-state index contributed by atoms with van der Waals surface area (Å²) in [5.41, 5.74) is 0.434. The van der Waals surface area contributed by atoms with Gasteiger partial charge in [-0.1, -0.05) is 40.5 Å². The van der Waals surface area contributed by atoms with Gasteiger partial charge >= 0.3 is 0 Å². The monoisotopic (exact) mass is 185 g/mol. The van der Waals surface area contributed by atoms with Gasteiger partial charge in [-0.2, -0.15) is 0 Å². The van der Waals surface area contributed by atoms with Gasteiger partial charge in [0.25, 0.3) is 0 Å². The van der Waals surface area contributed by atoms with E-state index in [2.05, 4.69) is 46.7 Å². The maximum atomic E-state index is 2.44. The lowest BCUT2D eigenvalue weighted by molar-refractivity contribution is 0.0723. The molecular formula is C12H27N. The second-order valence-electron chi connectivity index (χ2n) is 4.65. The van der Waals surface area contributed by atoms with Gasteiger partial charge in [0.2, 0.25) is 0 Å². The molecule has 0 aliphatic rings. The van der Waals surface area contributed by atoms with Crippen molar-refractivity contribution < 1.29 is 0 Å². The van der Waals surface area contributed by atoms with E-state index < -0.39 is 0 Å². The maximum absolute atomic E-state index is 2.44. The Hall–Kier alpha value is -0.0400. The van der Waals surface area contributed by atoms with Gasteiger partial charge in [-0.15, -0.1) is 0 Å². The molecule has 0 heterocycles. The van der Waals surface area contributed by atoms with E-state index in [0.717, 1.165) is 5.92 Å². The fourth-order valence-electron chi connectivity index (χ4n) is 2.53. The molecule has 0 bridgehead atoms. The average molecular weight is 185 g/mol. The molecule has 1 nitrogen and oxygen atoms in total. The van der Waals surface area contributed by atoms with Crippen molar-refractivity contribution in [3.05, 3.63) is 0 Å². The Morgan fingerprint density at radius 1 is 1.00 bits per heavy atom.